The summed E-state index contributed by atoms with van der Waals surface area (Å²) in [5.41, 5.74) is 1.27. The van der Waals surface area contributed by atoms with Gasteiger partial charge >= 0.3 is 0 Å². The molecule has 1 N–H and O–H groups in total. The molecular weight excluding hydrogens is 186 g/mol. The number of nitrogens with one attached hydrogen (secondary N) is 1. The molecule has 0 fully saturated rings. The number of unbranched alkanes of at least 4 members (excludes halogenated alkanes) is 2. The van der Waals surface area contributed by atoms with Crippen LogP contribution < -0.4 is 5.32 Å². The van der Waals surface area contributed by atoms with Crippen LogP contribution in [0.1, 0.15) is 24.8 Å². The molecule has 0 saturated carbocycles. The predicted octanol–water partition coefficient (Wildman–Crippen LogP) is 1.91. The molecule has 0 aliphatic carbocycles. The SMILES string of the molecule is N#CCCCCNCCc1cccnc1. The molecule has 0 spiro atoms. The average Bonchev–Trinajstić information content (AvgIpc) is 2.29. The Morgan fingerprint density at radius 2 is 2.27 bits per heavy atom. The lowest BCUT2D eigenvalue weighted by Gasteiger charge is -2.03. The van der Waals surface area contributed by atoms with Gasteiger partial charge in [-0.1, -0.05) is 6.07 Å². The number of aromatic nitrogens is 1. The number of nitriles is 1. The van der Waals surface area contributed by atoms with Crippen molar-refractivity contribution in [3.8, 4) is 6.07 Å². The highest BCUT2D eigenvalue weighted by Gasteiger charge is 1.92. The third-order valence-electron chi connectivity index (χ3n) is 2.21. The fourth-order valence-corrected chi connectivity index (χ4v) is 1.36. The van der Waals surface area contributed by atoms with Crippen molar-refractivity contribution in [3.63, 3.8) is 0 Å². The van der Waals surface area contributed by atoms with E-state index in [9.17, 15) is 0 Å². The molecule has 0 amide bonds. The molecule has 15 heavy (non-hydrogen) atoms. The molecule has 0 bridgehead atoms. The van der Waals surface area contributed by atoms with Gasteiger partial charge in [0.05, 0.1) is 6.07 Å². The minimum atomic E-state index is 0.671. The Labute approximate surface area is 91.1 Å². The molecule has 1 rings (SSSR count). The summed E-state index contributed by atoms with van der Waals surface area (Å²) in [5, 5.41) is 11.7. The molecule has 1 aromatic heterocycles. The van der Waals surface area contributed by atoms with Crippen LogP contribution in [0.2, 0.25) is 0 Å². The molecule has 0 aliphatic rings. The van der Waals surface area contributed by atoms with Gasteiger partial charge in [-0.15, -0.1) is 0 Å². The maximum absolute atomic E-state index is 8.34. The van der Waals surface area contributed by atoms with Crippen molar-refractivity contribution in [2.45, 2.75) is 25.7 Å². The van der Waals surface area contributed by atoms with Gasteiger partial charge in [0.2, 0.25) is 0 Å². The number of hydrogen-bond acceptors (Lipinski definition) is 3. The highest BCUT2D eigenvalue weighted by atomic mass is 14.8. The Kier molecular flexibility index (Phi) is 6.19. The quantitative estimate of drug-likeness (QED) is 0.689. The molecule has 0 atom stereocenters. The van der Waals surface area contributed by atoms with E-state index >= 15 is 0 Å². The standard InChI is InChI=1S/C12H17N3/c13-7-2-1-3-8-14-10-6-12-5-4-9-15-11-12/h4-5,9,11,14H,1-3,6,8,10H2. The van der Waals surface area contributed by atoms with E-state index in [1.807, 2.05) is 12.3 Å². The van der Waals surface area contributed by atoms with Gasteiger partial charge in [0.25, 0.3) is 0 Å². The molecule has 0 saturated heterocycles. The van der Waals surface area contributed by atoms with Gasteiger partial charge in [-0.3, -0.25) is 4.98 Å². The summed E-state index contributed by atoms with van der Waals surface area (Å²) in [4.78, 5) is 4.06. The lowest BCUT2D eigenvalue weighted by molar-refractivity contribution is 0.628. The van der Waals surface area contributed by atoms with Crippen molar-refractivity contribution in [2.75, 3.05) is 13.1 Å². The number of rotatable bonds is 7. The largest absolute Gasteiger partial charge is 0.316 e. The van der Waals surface area contributed by atoms with Gasteiger partial charge in [0.15, 0.2) is 0 Å². The van der Waals surface area contributed by atoms with E-state index in [-0.39, 0.29) is 0 Å². The normalized spacial score (nSPS) is 9.80. The van der Waals surface area contributed by atoms with E-state index in [1.54, 1.807) is 6.20 Å². The minimum absolute atomic E-state index is 0.671. The molecular formula is C12H17N3. The second-order valence-corrected chi connectivity index (χ2v) is 3.48. The van der Waals surface area contributed by atoms with Gasteiger partial charge in [-0.25, -0.2) is 0 Å². The molecule has 3 heteroatoms. The van der Waals surface area contributed by atoms with Gasteiger partial charge in [0, 0.05) is 18.8 Å². The van der Waals surface area contributed by atoms with Crippen molar-refractivity contribution < 1.29 is 0 Å². The molecule has 0 aliphatic heterocycles. The smallest absolute Gasteiger partial charge is 0.0621 e. The van der Waals surface area contributed by atoms with Crippen LogP contribution in [0.5, 0.6) is 0 Å². The van der Waals surface area contributed by atoms with Crippen LogP contribution in [0.3, 0.4) is 0 Å². The summed E-state index contributed by atoms with van der Waals surface area (Å²) in [6, 6.07) is 6.20. The molecule has 3 nitrogen and oxygen atoms in total. The first-order chi connectivity index (χ1) is 7.43. The Hall–Kier alpha value is -1.40. The van der Waals surface area contributed by atoms with Gasteiger partial charge < -0.3 is 5.32 Å². The summed E-state index contributed by atoms with van der Waals surface area (Å²) >= 11 is 0. The monoisotopic (exact) mass is 203 g/mol. The van der Waals surface area contributed by atoms with Gasteiger partial charge in [0.1, 0.15) is 0 Å². The van der Waals surface area contributed by atoms with Crippen LogP contribution in [0.15, 0.2) is 24.5 Å². The zero-order valence-electron chi connectivity index (χ0n) is 8.95. The van der Waals surface area contributed by atoms with E-state index < -0.39 is 0 Å². The third kappa shape index (κ3) is 5.82. The minimum Gasteiger partial charge on any atom is -0.316 e. The number of hydrogen-bond donors (Lipinski definition) is 1. The molecule has 0 unspecified atom stereocenters. The van der Waals surface area contributed by atoms with Crippen molar-refractivity contribution >= 4 is 0 Å². The van der Waals surface area contributed by atoms with Gasteiger partial charge in [-0.05, 0) is 44.0 Å². The first kappa shape index (κ1) is 11.7. The van der Waals surface area contributed by atoms with Crippen molar-refractivity contribution in [1.29, 1.82) is 5.26 Å². The highest BCUT2D eigenvalue weighted by molar-refractivity contribution is 5.08. The molecule has 0 radical (unpaired) electrons. The fourth-order valence-electron chi connectivity index (χ4n) is 1.36. The topological polar surface area (TPSA) is 48.7 Å². The second-order valence-electron chi connectivity index (χ2n) is 3.48. The molecule has 1 heterocycles. The van der Waals surface area contributed by atoms with Crippen LogP contribution in [-0.4, -0.2) is 18.1 Å². The summed E-state index contributed by atoms with van der Waals surface area (Å²) in [7, 11) is 0. The fraction of sp³-hybridized carbons (Fsp3) is 0.500. The van der Waals surface area contributed by atoms with E-state index in [4.69, 9.17) is 5.26 Å². The Morgan fingerprint density at radius 1 is 1.33 bits per heavy atom. The third-order valence-corrected chi connectivity index (χ3v) is 2.21. The number of nitrogens with zero attached hydrogens (tertiary/aromatic N) is 2. The summed E-state index contributed by atoms with van der Waals surface area (Å²) < 4.78 is 0. The molecule has 0 aromatic carbocycles. The van der Waals surface area contributed by atoms with E-state index in [1.165, 1.54) is 5.56 Å². The molecule has 1 aromatic rings. The first-order valence-corrected chi connectivity index (χ1v) is 5.40. The van der Waals surface area contributed by atoms with E-state index in [2.05, 4.69) is 22.4 Å². The Morgan fingerprint density at radius 3 is 3.00 bits per heavy atom. The van der Waals surface area contributed by atoms with Crippen molar-refractivity contribution in [2.24, 2.45) is 0 Å². The zero-order valence-corrected chi connectivity index (χ0v) is 8.95. The van der Waals surface area contributed by atoms with Crippen molar-refractivity contribution in [1.82, 2.24) is 10.3 Å². The van der Waals surface area contributed by atoms with Crippen LogP contribution in [0, 0.1) is 11.3 Å². The average molecular weight is 203 g/mol. The lowest BCUT2D eigenvalue weighted by atomic mass is 10.2. The van der Waals surface area contributed by atoms with Crippen LogP contribution in [0.4, 0.5) is 0 Å². The van der Waals surface area contributed by atoms with Crippen LogP contribution in [-0.2, 0) is 6.42 Å². The maximum atomic E-state index is 8.34. The van der Waals surface area contributed by atoms with Crippen LogP contribution >= 0.6 is 0 Å². The van der Waals surface area contributed by atoms with E-state index in [0.717, 1.165) is 32.4 Å². The van der Waals surface area contributed by atoms with E-state index in [0.29, 0.717) is 6.42 Å². The number of pyridine rings is 1. The summed E-state index contributed by atoms with van der Waals surface area (Å²) in [6.45, 7) is 1.99. The maximum Gasteiger partial charge on any atom is 0.0621 e. The second kappa shape index (κ2) is 7.95. The molecule has 80 valence electrons. The summed E-state index contributed by atoms with van der Waals surface area (Å²) in [5.74, 6) is 0. The summed E-state index contributed by atoms with van der Waals surface area (Å²) in [6.07, 6.45) is 7.46. The van der Waals surface area contributed by atoms with Gasteiger partial charge in [-0.2, -0.15) is 5.26 Å². The Bertz CT molecular complexity index is 289. The zero-order chi connectivity index (χ0) is 10.8. The highest BCUT2D eigenvalue weighted by Crippen LogP contribution is 1.96. The van der Waals surface area contributed by atoms with Crippen LogP contribution in [0.25, 0.3) is 0 Å². The Balaban J connectivity index is 1.96. The van der Waals surface area contributed by atoms with Crippen molar-refractivity contribution in [3.05, 3.63) is 30.1 Å². The first-order valence-electron chi connectivity index (χ1n) is 5.40. The predicted molar refractivity (Wildman–Crippen MR) is 60.3 cm³/mol. The lowest BCUT2D eigenvalue weighted by Crippen LogP contribution is -2.18.